The summed E-state index contributed by atoms with van der Waals surface area (Å²) >= 11 is 0. The minimum atomic E-state index is -1.86. The van der Waals surface area contributed by atoms with Gasteiger partial charge in [-0.2, -0.15) is 0 Å². The molecule has 0 atom stereocenters. The van der Waals surface area contributed by atoms with Gasteiger partial charge in [-0.25, -0.2) is 0 Å². The van der Waals surface area contributed by atoms with Crippen molar-refractivity contribution >= 4 is 18.5 Å². The van der Waals surface area contributed by atoms with Crippen LogP contribution in [-0.2, 0) is 14.4 Å². The van der Waals surface area contributed by atoms with E-state index in [1.165, 1.54) is 0 Å². The Hall–Kier alpha value is -1.19. The van der Waals surface area contributed by atoms with Gasteiger partial charge < -0.3 is 14.7 Å². The Morgan fingerprint density at radius 1 is 1.44 bits per heavy atom. The predicted molar refractivity (Wildman–Crippen MR) is 27.9 cm³/mol. The Morgan fingerprint density at radius 3 is 1.78 bits per heavy atom. The van der Waals surface area contributed by atoms with E-state index >= 15 is 0 Å². The molecule has 0 radical (unpaired) electrons. The zero-order chi connectivity index (χ0) is 7.49. The van der Waals surface area contributed by atoms with E-state index in [9.17, 15) is 14.4 Å². The smallest absolute Gasteiger partial charge is 0.323 e. The minimum absolute atomic E-state index is 0.0995. The number of hydrogen-bond acceptors (Lipinski definition) is 3. The highest BCUT2D eigenvalue weighted by Crippen LogP contribution is 2.06. The number of rotatable bonds is 3. The van der Waals surface area contributed by atoms with Crippen molar-refractivity contribution in [3.63, 3.8) is 0 Å². The predicted octanol–water partition coefficient (Wildman–Crippen LogP) is -0.525. The SMILES string of the molecule is CC(C=O)(C=O)C(=O)O. The zero-order valence-corrected chi connectivity index (χ0v) is 4.83. The molecule has 0 aliphatic carbocycles. The van der Waals surface area contributed by atoms with E-state index in [1.54, 1.807) is 0 Å². The van der Waals surface area contributed by atoms with Crippen molar-refractivity contribution in [3.8, 4) is 0 Å². The summed E-state index contributed by atoms with van der Waals surface area (Å²) in [4.78, 5) is 29.8. The molecule has 0 aliphatic rings. The number of carbonyl (C=O) groups excluding carboxylic acids is 2. The third-order valence-corrected chi connectivity index (χ3v) is 0.950. The molecule has 0 bridgehead atoms. The summed E-state index contributed by atoms with van der Waals surface area (Å²) in [5, 5.41) is 8.17. The Balaban J connectivity index is 4.46. The first-order chi connectivity index (χ1) is 4.06. The van der Waals surface area contributed by atoms with E-state index in [2.05, 4.69) is 0 Å². The highest BCUT2D eigenvalue weighted by atomic mass is 16.4. The second-order valence-corrected chi connectivity index (χ2v) is 1.82. The fraction of sp³-hybridized carbons (Fsp3) is 0.400. The molecular formula is C5H6O4. The Morgan fingerprint density at radius 2 is 1.78 bits per heavy atom. The quantitative estimate of drug-likeness (QED) is 0.412. The molecule has 0 aromatic carbocycles. The molecule has 1 N–H and O–H groups in total. The van der Waals surface area contributed by atoms with E-state index in [1.807, 2.05) is 0 Å². The molecule has 0 unspecified atom stereocenters. The van der Waals surface area contributed by atoms with E-state index in [0.717, 1.165) is 6.92 Å². The molecule has 0 aliphatic heterocycles. The zero-order valence-electron chi connectivity index (χ0n) is 4.83. The van der Waals surface area contributed by atoms with Gasteiger partial charge >= 0.3 is 5.97 Å². The molecule has 50 valence electrons. The lowest BCUT2D eigenvalue weighted by Crippen LogP contribution is -2.30. The number of carboxylic acids is 1. The standard InChI is InChI=1S/C5H6O4/c1-5(2-6,3-7)4(8)9/h2-3H,1H3,(H,8,9). The first-order valence-corrected chi connectivity index (χ1v) is 2.23. The van der Waals surface area contributed by atoms with Gasteiger partial charge in [0.15, 0.2) is 5.41 Å². The number of hydrogen-bond donors (Lipinski definition) is 1. The van der Waals surface area contributed by atoms with Gasteiger partial charge in [0.25, 0.3) is 0 Å². The fourth-order valence-corrected chi connectivity index (χ4v) is 0.129. The third kappa shape index (κ3) is 1.35. The van der Waals surface area contributed by atoms with Crippen LogP contribution in [0, 0.1) is 5.41 Å². The van der Waals surface area contributed by atoms with Crippen LogP contribution in [0.1, 0.15) is 6.92 Å². The molecule has 0 saturated carbocycles. The topological polar surface area (TPSA) is 71.4 Å². The molecule has 0 saturated heterocycles. The average Bonchev–Trinajstić information content (AvgIpc) is 1.86. The Bertz CT molecular complexity index is 141. The van der Waals surface area contributed by atoms with Crippen LogP contribution >= 0.6 is 0 Å². The molecule has 0 fully saturated rings. The molecule has 0 rings (SSSR count). The Kier molecular flexibility index (Phi) is 2.07. The fourth-order valence-electron chi connectivity index (χ4n) is 0.129. The summed E-state index contributed by atoms with van der Waals surface area (Å²) in [6.07, 6.45) is 0.199. The van der Waals surface area contributed by atoms with Crippen molar-refractivity contribution in [2.45, 2.75) is 6.92 Å². The van der Waals surface area contributed by atoms with Gasteiger partial charge in [-0.05, 0) is 6.92 Å². The molecular weight excluding hydrogens is 124 g/mol. The van der Waals surface area contributed by atoms with Crippen molar-refractivity contribution in [3.05, 3.63) is 0 Å². The van der Waals surface area contributed by atoms with Crippen LogP contribution in [-0.4, -0.2) is 23.6 Å². The van der Waals surface area contributed by atoms with Crippen LogP contribution in [0.2, 0.25) is 0 Å². The van der Waals surface area contributed by atoms with E-state index < -0.39 is 11.4 Å². The van der Waals surface area contributed by atoms with E-state index in [-0.39, 0.29) is 12.6 Å². The lowest BCUT2D eigenvalue weighted by Gasteiger charge is -2.05. The van der Waals surface area contributed by atoms with Crippen molar-refractivity contribution in [2.24, 2.45) is 5.41 Å². The first kappa shape index (κ1) is 7.81. The van der Waals surface area contributed by atoms with E-state index in [0.29, 0.717) is 0 Å². The summed E-state index contributed by atoms with van der Waals surface area (Å²) in [6, 6.07) is 0. The number of carboxylic acid groups (broad SMARTS) is 1. The summed E-state index contributed by atoms with van der Waals surface area (Å²) in [5.74, 6) is -1.42. The van der Waals surface area contributed by atoms with Gasteiger partial charge in [0.2, 0.25) is 0 Å². The lowest BCUT2D eigenvalue weighted by atomic mass is 9.96. The van der Waals surface area contributed by atoms with Crippen molar-refractivity contribution in [2.75, 3.05) is 0 Å². The highest BCUT2D eigenvalue weighted by Gasteiger charge is 2.31. The number of aliphatic carboxylic acids is 1. The molecule has 0 heterocycles. The van der Waals surface area contributed by atoms with Crippen molar-refractivity contribution in [1.82, 2.24) is 0 Å². The molecule has 4 nitrogen and oxygen atoms in total. The Labute approximate surface area is 51.5 Å². The van der Waals surface area contributed by atoms with Gasteiger partial charge in [-0.3, -0.25) is 4.79 Å². The van der Waals surface area contributed by atoms with Gasteiger partial charge in [0.1, 0.15) is 12.6 Å². The summed E-state index contributed by atoms with van der Waals surface area (Å²) in [6.45, 7) is 1.04. The largest absolute Gasteiger partial charge is 0.480 e. The van der Waals surface area contributed by atoms with Crippen LogP contribution in [0.4, 0.5) is 0 Å². The summed E-state index contributed by atoms with van der Waals surface area (Å²) in [7, 11) is 0. The van der Waals surface area contributed by atoms with Crippen LogP contribution in [0.5, 0.6) is 0 Å². The molecule has 9 heavy (non-hydrogen) atoms. The molecule has 0 aromatic heterocycles. The van der Waals surface area contributed by atoms with Crippen LogP contribution in [0.3, 0.4) is 0 Å². The summed E-state index contributed by atoms with van der Waals surface area (Å²) < 4.78 is 0. The molecule has 0 amide bonds. The maximum atomic E-state index is 10.0. The average molecular weight is 130 g/mol. The van der Waals surface area contributed by atoms with Crippen molar-refractivity contribution in [1.29, 1.82) is 0 Å². The second kappa shape index (κ2) is 2.39. The van der Waals surface area contributed by atoms with Crippen LogP contribution in [0.15, 0.2) is 0 Å². The number of aldehydes is 2. The second-order valence-electron chi connectivity index (χ2n) is 1.82. The maximum absolute atomic E-state index is 10.0. The van der Waals surface area contributed by atoms with Gasteiger partial charge in [0, 0.05) is 0 Å². The van der Waals surface area contributed by atoms with Gasteiger partial charge in [-0.15, -0.1) is 0 Å². The maximum Gasteiger partial charge on any atom is 0.323 e. The highest BCUT2D eigenvalue weighted by molar-refractivity contribution is 6.06. The monoisotopic (exact) mass is 130 g/mol. The van der Waals surface area contributed by atoms with Gasteiger partial charge in [-0.1, -0.05) is 0 Å². The van der Waals surface area contributed by atoms with Gasteiger partial charge in [0.05, 0.1) is 0 Å². The summed E-state index contributed by atoms with van der Waals surface area (Å²) in [5.41, 5.74) is -1.86. The van der Waals surface area contributed by atoms with Crippen LogP contribution < -0.4 is 0 Å². The van der Waals surface area contributed by atoms with Crippen molar-refractivity contribution < 1.29 is 19.5 Å². The van der Waals surface area contributed by atoms with Crippen LogP contribution in [0.25, 0.3) is 0 Å². The molecule has 0 spiro atoms. The minimum Gasteiger partial charge on any atom is -0.480 e. The number of carbonyl (C=O) groups is 3. The first-order valence-electron chi connectivity index (χ1n) is 2.23. The molecule has 4 heteroatoms. The van der Waals surface area contributed by atoms with E-state index in [4.69, 9.17) is 5.11 Å². The normalized spacial score (nSPS) is 10.3. The third-order valence-electron chi connectivity index (χ3n) is 0.950. The molecule has 0 aromatic rings. The lowest BCUT2D eigenvalue weighted by molar-refractivity contribution is -0.151.